The predicted octanol–water partition coefficient (Wildman–Crippen LogP) is 3.50. The molecule has 4 heterocycles. The van der Waals surface area contributed by atoms with Crippen molar-refractivity contribution < 1.29 is 14.3 Å². The second-order valence-electron chi connectivity index (χ2n) is 11.9. The second-order valence-corrected chi connectivity index (χ2v) is 11.9. The maximum absolute atomic E-state index is 13.1. The Morgan fingerprint density at radius 3 is 2.75 bits per heavy atom. The average molecular weight is 436 g/mol. The van der Waals surface area contributed by atoms with E-state index >= 15 is 0 Å². The fourth-order valence-electron chi connectivity index (χ4n) is 7.49. The van der Waals surface area contributed by atoms with Crippen molar-refractivity contribution in [1.82, 2.24) is 9.88 Å². The van der Waals surface area contributed by atoms with Crippen molar-refractivity contribution in [2.24, 2.45) is 11.7 Å². The summed E-state index contributed by atoms with van der Waals surface area (Å²) in [6.07, 6.45) is 5.08. The molecule has 2 saturated heterocycles. The predicted molar refractivity (Wildman–Crippen MR) is 123 cm³/mol. The number of rotatable bonds is 1. The van der Waals surface area contributed by atoms with E-state index < -0.39 is 11.1 Å². The van der Waals surface area contributed by atoms with Crippen LogP contribution in [0.15, 0.2) is 12.1 Å². The maximum Gasteiger partial charge on any atom is 0.172 e. The van der Waals surface area contributed by atoms with E-state index in [-0.39, 0.29) is 22.7 Å². The van der Waals surface area contributed by atoms with Crippen molar-refractivity contribution in [3.05, 3.63) is 29.0 Å². The van der Waals surface area contributed by atoms with Gasteiger partial charge in [-0.15, -0.1) is 0 Å². The Bertz CT molecular complexity index is 1180. The zero-order valence-corrected chi connectivity index (χ0v) is 19.5. The molecule has 3 N–H and O–H groups in total. The van der Waals surface area contributed by atoms with Crippen LogP contribution >= 0.6 is 0 Å². The first-order chi connectivity index (χ1) is 15.0. The van der Waals surface area contributed by atoms with Gasteiger partial charge in [0.25, 0.3) is 0 Å². The lowest BCUT2D eigenvalue weighted by atomic mass is 9.54. The molecule has 2 fully saturated rings. The summed E-state index contributed by atoms with van der Waals surface area (Å²) >= 11 is 0. The molecule has 0 bridgehead atoms. The number of H-pyrrole nitrogens is 1. The number of nitrogens with two attached hydrogens (primary N) is 1. The van der Waals surface area contributed by atoms with Crippen molar-refractivity contribution >= 4 is 23.0 Å². The number of benzene rings is 1. The molecule has 4 aliphatic rings. The number of fused-ring (bicyclic) bond motifs is 7. The third-order valence-electron chi connectivity index (χ3n) is 8.94. The molecule has 1 aromatic heterocycles. The van der Waals surface area contributed by atoms with Crippen LogP contribution in [0.1, 0.15) is 75.0 Å². The first-order valence-electron chi connectivity index (χ1n) is 11.9. The van der Waals surface area contributed by atoms with E-state index in [1.165, 1.54) is 11.8 Å². The summed E-state index contributed by atoms with van der Waals surface area (Å²) in [7, 11) is 0. The Morgan fingerprint density at radius 1 is 1.22 bits per heavy atom. The summed E-state index contributed by atoms with van der Waals surface area (Å²) in [5.74, 6) is 0.964. The van der Waals surface area contributed by atoms with Crippen molar-refractivity contribution in [1.29, 1.82) is 0 Å². The van der Waals surface area contributed by atoms with Gasteiger partial charge < -0.3 is 20.2 Å². The molecule has 6 rings (SSSR count). The highest BCUT2D eigenvalue weighted by Gasteiger charge is 2.60. The molecule has 1 unspecified atom stereocenters. The summed E-state index contributed by atoms with van der Waals surface area (Å²) in [5, 5.41) is 1.08. The molecular weight excluding hydrogens is 402 g/mol. The third kappa shape index (κ3) is 2.48. The maximum atomic E-state index is 13.1. The topological polar surface area (TPSA) is 88.4 Å². The first kappa shape index (κ1) is 20.4. The number of ketones is 1. The number of carbonyl (C=O) groups excluding carboxylic acids is 2. The minimum atomic E-state index is -0.491. The van der Waals surface area contributed by atoms with E-state index in [2.05, 4.69) is 29.8 Å². The average Bonchev–Trinajstić information content (AvgIpc) is 3.27. The third-order valence-corrected chi connectivity index (χ3v) is 8.94. The summed E-state index contributed by atoms with van der Waals surface area (Å²) in [6.45, 7) is 10.1. The van der Waals surface area contributed by atoms with Gasteiger partial charge in [-0.05, 0) is 69.7 Å². The molecule has 3 atom stereocenters. The smallest absolute Gasteiger partial charge is 0.172 e. The molecule has 0 spiro atoms. The van der Waals surface area contributed by atoms with Gasteiger partial charge >= 0.3 is 0 Å². The van der Waals surface area contributed by atoms with Gasteiger partial charge in [0, 0.05) is 28.6 Å². The van der Waals surface area contributed by atoms with Crippen LogP contribution in [-0.2, 0) is 16.6 Å². The lowest BCUT2D eigenvalue weighted by molar-refractivity contribution is -0.124. The summed E-state index contributed by atoms with van der Waals surface area (Å²) < 4.78 is 6.16. The van der Waals surface area contributed by atoms with Gasteiger partial charge in [-0.3, -0.25) is 9.69 Å². The SMILES string of the molecule is CC1(C)CC(=O)c2c(ccc3c4c([nH]c23)C(C)(C)C2C[C@]3(C=O)CCCN3C[C@]2(N)C4)O1. The Hall–Kier alpha value is -2.18. The van der Waals surface area contributed by atoms with Crippen molar-refractivity contribution in [2.45, 2.75) is 81.9 Å². The van der Waals surface area contributed by atoms with Gasteiger partial charge in [0.1, 0.15) is 17.6 Å². The van der Waals surface area contributed by atoms with Crippen molar-refractivity contribution in [3.8, 4) is 5.75 Å². The number of aromatic nitrogens is 1. The number of aromatic amines is 1. The lowest BCUT2D eigenvalue weighted by Gasteiger charge is -2.58. The molecule has 1 aromatic carbocycles. The second kappa shape index (κ2) is 6.03. The fourth-order valence-corrected chi connectivity index (χ4v) is 7.49. The van der Waals surface area contributed by atoms with Crippen LogP contribution in [0.25, 0.3) is 10.9 Å². The highest BCUT2D eigenvalue weighted by Crippen LogP contribution is 2.55. The van der Waals surface area contributed by atoms with Gasteiger partial charge in [0.2, 0.25) is 0 Å². The zero-order chi connectivity index (χ0) is 22.7. The fraction of sp³-hybridized carbons (Fsp3) is 0.615. The molecule has 0 saturated carbocycles. The number of Topliss-reactive ketones (excluding diaryl/α,β-unsaturated/α-hetero) is 1. The van der Waals surface area contributed by atoms with Crippen LogP contribution < -0.4 is 10.5 Å². The van der Waals surface area contributed by atoms with E-state index in [1.807, 2.05) is 19.9 Å². The van der Waals surface area contributed by atoms with Gasteiger partial charge in [0.05, 0.1) is 23.0 Å². The van der Waals surface area contributed by atoms with E-state index in [4.69, 9.17) is 10.5 Å². The molecule has 6 nitrogen and oxygen atoms in total. The van der Waals surface area contributed by atoms with Crippen molar-refractivity contribution in [3.63, 3.8) is 0 Å². The van der Waals surface area contributed by atoms with Crippen LogP contribution in [-0.4, -0.2) is 51.7 Å². The molecule has 0 amide bonds. The molecule has 2 aromatic rings. The standard InChI is InChI=1S/C26H33N3O3/c1-23(2)11-17(31)20-18(32-23)7-6-15-16-10-26(27)13-29-9-5-8-25(29,14-30)12-19(26)24(3,4)22(16)28-21(15)20/h6-7,14,19,28H,5,8-13,27H2,1-4H3/t19?,25-,26+/m0/s1. The molecule has 170 valence electrons. The normalized spacial score (nSPS) is 34.9. The zero-order valence-electron chi connectivity index (χ0n) is 19.5. The number of hydrogen-bond acceptors (Lipinski definition) is 5. The Kier molecular flexibility index (Phi) is 3.85. The monoisotopic (exact) mass is 435 g/mol. The summed E-state index contributed by atoms with van der Waals surface area (Å²) in [4.78, 5) is 31.4. The highest BCUT2D eigenvalue weighted by atomic mass is 16.5. The number of nitrogens with zero attached hydrogens (tertiary/aromatic N) is 1. The quantitative estimate of drug-likeness (QED) is 0.670. The largest absolute Gasteiger partial charge is 0.487 e. The molecule has 32 heavy (non-hydrogen) atoms. The first-order valence-corrected chi connectivity index (χ1v) is 11.9. The number of nitrogens with one attached hydrogen (secondary N) is 1. The molecule has 3 aliphatic heterocycles. The summed E-state index contributed by atoms with van der Waals surface area (Å²) in [5.41, 5.74) is 9.65. The number of ether oxygens (including phenoxy) is 1. The number of piperidine rings is 1. The molecule has 0 radical (unpaired) electrons. The highest BCUT2D eigenvalue weighted by molar-refractivity contribution is 6.11. The van der Waals surface area contributed by atoms with E-state index in [9.17, 15) is 9.59 Å². The van der Waals surface area contributed by atoms with Gasteiger partial charge in [-0.25, -0.2) is 0 Å². The Balaban J connectivity index is 1.53. The summed E-state index contributed by atoms with van der Waals surface area (Å²) in [6, 6.07) is 4.04. The minimum absolute atomic E-state index is 0.124. The van der Waals surface area contributed by atoms with Crippen molar-refractivity contribution in [2.75, 3.05) is 13.1 Å². The number of carbonyl (C=O) groups is 2. The van der Waals surface area contributed by atoms with Crippen LogP contribution in [0.2, 0.25) is 0 Å². The Morgan fingerprint density at radius 2 is 2.00 bits per heavy atom. The van der Waals surface area contributed by atoms with Gasteiger partial charge in [0.15, 0.2) is 5.78 Å². The number of hydrogen-bond donors (Lipinski definition) is 2. The van der Waals surface area contributed by atoms with Crippen LogP contribution in [0.4, 0.5) is 0 Å². The lowest BCUT2D eigenvalue weighted by Crippen LogP contribution is -2.71. The van der Waals surface area contributed by atoms with Gasteiger partial charge in [-0.2, -0.15) is 0 Å². The van der Waals surface area contributed by atoms with E-state index in [0.29, 0.717) is 17.7 Å². The Labute approximate surface area is 188 Å². The van der Waals surface area contributed by atoms with Crippen LogP contribution in [0.3, 0.4) is 0 Å². The van der Waals surface area contributed by atoms with E-state index in [1.54, 1.807) is 0 Å². The van der Waals surface area contributed by atoms with Crippen LogP contribution in [0.5, 0.6) is 5.75 Å². The molecule has 6 heteroatoms. The van der Waals surface area contributed by atoms with Gasteiger partial charge in [-0.1, -0.05) is 13.8 Å². The molecule has 1 aliphatic carbocycles. The van der Waals surface area contributed by atoms with Crippen LogP contribution in [0, 0.1) is 5.92 Å². The molecular formula is C26H33N3O3. The van der Waals surface area contributed by atoms with E-state index in [0.717, 1.165) is 55.4 Å². The minimum Gasteiger partial charge on any atom is -0.487 e. The number of aldehydes is 1.